The van der Waals surface area contributed by atoms with Gasteiger partial charge in [0, 0.05) is 34.5 Å². The Bertz CT molecular complexity index is 713. The van der Waals surface area contributed by atoms with E-state index in [-0.39, 0.29) is 0 Å². The molecule has 0 unspecified atom stereocenters. The number of fused-ring (bicyclic) bond motifs is 1. The van der Waals surface area contributed by atoms with Crippen LogP contribution < -0.4 is 9.47 Å². The van der Waals surface area contributed by atoms with Gasteiger partial charge in [-0.1, -0.05) is 0 Å². The van der Waals surface area contributed by atoms with Crippen LogP contribution in [0.3, 0.4) is 0 Å². The predicted molar refractivity (Wildman–Crippen MR) is 85.7 cm³/mol. The summed E-state index contributed by atoms with van der Waals surface area (Å²) in [5.74, 6) is 1.47. The van der Waals surface area contributed by atoms with Gasteiger partial charge in [0.25, 0.3) is 0 Å². The lowest BCUT2D eigenvalue weighted by molar-refractivity contribution is 0.354. The van der Waals surface area contributed by atoms with Gasteiger partial charge in [0.2, 0.25) is 0 Å². The summed E-state index contributed by atoms with van der Waals surface area (Å²) in [7, 11) is 3.30. The van der Waals surface area contributed by atoms with Crippen molar-refractivity contribution in [3.8, 4) is 11.5 Å². The third-order valence-electron chi connectivity index (χ3n) is 3.49. The molecule has 21 heavy (non-hydrogen) atoms. The number of halogens is 1. The average molecular weight is 347 g/mol. The van der Waals surface area contributed by atoms with Crippen LogP contribution in [0.15, 0.2) is 40.1 Å². The van der Waals surface area contributed by atoms with Crippen molar-refractivity contribution >= 4 is 21.6 Å². The lowest BCUT2D eigenvalue weighted by atomic mass is 9.93. The minimum absolute atomic E-state index is 0.716. The maximum atomic E-state index is 5.41. The van der Waals surface area contributed by atoms with Crippen LogP contribution in [0.25, 0.3) is 0 Å². The normalized spacial score (nSPS) is 13.4. The standard InChI is InChI=1S/C16H15BrN2O2/c1-20-14-6-10-3-4-19-16(13(10)7-15(14)21-2)11-5-12(17)9-18-8-11/h5-9H,3-4H2,1-2H3. The largest absolute Gasteiger partial charge is 0.493 e. The Morgan fingerprint density at radius 3 is 2.52 bits per heavy atom. The first kappa shape index (κ1) is 14.1. The molecule has 3 rings (SSSR count). The van der Waals surface area contributed by atoms with Crippen LogP contribution >= 0.6 is 15.9 Å². The van der Waals surface area contributed by atoms with Crippen LogP contribution in [0.5, 0.6) is 11.5 Å². The zero-order valence-corrected chi connectivity index (χ0v) is 13.5. The first-order valence-corrected chi connectivity index (χ1v) is 7.43. The highest BCUT2D eigenvalue weighted by Gasteiger charge is 2.19. The van der Waals surface area contributed by atoms with Crippen molar-refractivity contribution in [3.63, 3.8) is 0 Å². The molecule has 1 aliphatic heterocycles. The molecule has 4 nitrogen and oxygen atoms in total. The highest BCUT2D eigenvalue weighted by Crippen LogP contribution is 2.33. The number of hydrogen-bond donors (Lipinski definition) is 0. The summed E-state index contributed by atoms with van der Waals surface area (Å²) in [6.07, 6.45) is 4.50. The highest BCUT2D eigenvalue weighted by atomic mass is 79.9. The van der Waals surface area contributed by atoms with Gasteiger partial charge in [0.15, 0.2) is 11.5 Å². The average Bonchev–Trinajstić information content (AvgIpc) is 2.52. The number of aliphatic imine (C=N–C) groups is 1. The third-order valence-corrected chi connectivity index (χ3v) is 3.93. The molecule has 0 amide bonds. The molecule has 1 aliphatic rings. The molecule has 0 saturated carbocycles. The molecule has 0 aliphatic carbocycles. The molecule has 0 saturated heterocycles. The highest BCUT2D eigenvalue weighted by molar-refractivity contribution is 9.10. The van der Waals surface area contributed by atoms with Gasteiger partial charge in [-0.05, 0) is 46.1 Å². The Balaban J connectivity index is 2.13. The van der Waals surface area contributed by atoms with Crippen LogP contribution in [0.2, 0.25) is 0 Å². The van der Waals surface area contributed by atoms with Crippen molar-refractivity contribution in [2.24, 2.45) is 4.99 Å². The molecule has 0 bridgehead atoms. The molecule has 0 fully saturated rings. The zero-order chi connectivity index (χ0) is 14.8. The van der Waals surface area contributed by atoms with Crippen molar-refractivity contribution in [2.45, 2.75) is 6.42 Å². The van der Waals surface area contributed by atoms with Gasteiger partial charge in [-0.25, -0.2) is 0 Å². The van der Waals surface area contributed by atoms with Gasteiger partial charge in [-0.15, -0.1) is 0 Å². The number of ether oxygens (including phenoxy) is 2. The number of aromatic nitrogens is 1. The Morgan fingerprint density at radius 1 is 1.05 bits per heavy atom. The SMILES string of the molecule is COc1cc2c(cc1OC)C(c1cncc(Br)c1)=NCC2. The van der Waals surface area contributed by atoms with E-state index < -0.39 is 0 Å². The van der Waals surface area contributed by atoms with Gasteiger partial charge in [-0.2, -0.15) is 0 Å². The second kappa shape index (κ2) is 5.85. The van der Waals surface area contributed by atoms with Crippen LogP contribution in [0.1, 0.15) is 16.7 Å². The zero-order valence-electron chi connectivity index (χ0n) is 11.9. The fraction of sp³-hybridized carbons (Fsp3) is 0.250. The quantitative estimate of drug-likeness (QED) is 0.856. The summed E-state index contributed by atoms with van der Waals surface area (Å²) in [5, 5.41) is 0. The molecule has 0 spiro atoms. The van der Waals surface area contributed by atoms with Crippen molar-refractivity contribution in [3.05, 3.63) is 51.8 Å². The van der Waals surface area contributed by atoms with E-state index in [2.05, 4.69) is 25.9 Å². The molecule has 1 aromatic heterocycles. The maximum absolute atomic E-state index is 5.41. The first-order valence-electron chi connectivity index (χ1n) is 6.63. The van der Waals surface area contributed by atoms with Crippen LogP contribution in [0, 0.1) is 0 Å². The minimum atomic E-state index is 0.716. The van der Waals surface area contributed by atoms with Crippen molar-refractivity contribution in [1.82, 2.24) is 4.98 Å². The smallest absolute Gasteiger partial charge is 0.161 e. The van der Waals surface area contributed by atoms with E-state index >= 15 is 0 Å². The monoisotopic (exact) mass is 346 g/mol. The number of hydrogen-bond acceptors (Lipinski definition) is 4. The summed E-state index contributed by atoms with van der Waals surface area (Å²) in [5.41, 5.74) is 4.25. The second-order valence-electron chi connectivity index (χ2n) is 4.74. The lowest BCUT2D eigenvalue weighted by Crippen LogP contribution is -2.15. The number of rotatable bonds is 3. The molecule has 1 aromatic carbocycles. The summed E-state index contributed by atoms with van der Waals surface area (Å²) < 4.78 is 11.7. The lowest BCUT2D eigenvalue weighted by Gasteiger charge is -2.19. The molecule has 2 heterocycles. The Hall–Kier alpha value is -1.88. The summed E-state index contributed by atoms with van der Waals surface area (Å²) in [6.45, 7) is 0.768. The van der Waals surface area contributed by atoms with Gasteiger partial charge in [-0.3, -0.25) is 9.98 Å². The van der Waals surface area contributed by atoms with Crippen LogP contribution in [0.4, 0.5) is 0 Å². The Morgan fingerprint density at radius 2 is 1.81 bits per heavy atom. The van der Waals surface area contributed by atoms with Gasteiger partial charge in [0.05, 0.1) is 19.9 Å². The molecular formula is C16H15BrN2O2. The Labute approximate surface area is 132 Å². The molecule has 2 aromatic rings. The van der Waals surface area contributed by atoms with Crippen LogP contribution in [-0.2, 0) is 6.42 Å². The van der Waals surface area contributed by atoms with Gasteiger partial charge < -0.3 is 9.47 Å². The van der Waals surface area contributed by atoms with Gasteiger partial charge >= 0.3 is 0 Å². The third kappa shape index (κ3) is 2.65. The summed E-state index contributed by atoms with van der Waals surface area (Å²) in [4.78, 5) is 8.90. The van der Waals surface area contributed by atoms with Crippen molar-refractivity contribution in [2.75, 3.05) is 20.8 Å². The molecule has 108 valence electrons. The second-order valence-corrected chi connectivity index (χ2v) is 5.65. The number of pyridine rings is 1. The van der Waals surface area contributed by atoms with E-state index in [1.54, 1.807) is 20.4 Å². The van der Waals surface area contributed by atoms with E-state index in [9.17, 15) is 0 Å². The first-order chi connectivity index (χ1) is 10.2. The molecule has 0 N–H and O–H groups in total. The topological polar surface area (TPSA) is 43.7 Å². The summed E-state index contributed by atoms with van der Waals surface area (Å²) >= 11 is 3.46. The van der Waals surface area contributed by atoms with E-state index in [0.29, 0.717) is 5.75 Å². The van der Waals surface area contributed by atoms with E-state index in [4.69, 9.17) is 9.47 Å². The Kier molecular flexibility index (Phi) is 3.92. The fourth-order valence-electron chi connectivity index (χ4n) is 2.51. The van der Waals surface area contributed by atoms with E-state index in [1.807, 2.05) is 24.4 Å². The van der Waals surface area contributed by atoms with E-state index in [1.165, 1.54) is 5.56 Å². The number of benzene rings is 1. The van der Waals surface area contributed by atoms with Crippen molar-refractivity contribution in [1.29, 1.82) is 0 Å². The molecular weight excluding hydrogens is 332 g/mol. The maximum Gasteiger partial charge on any atom is 0.161 e. The van der Waals surface area contributed by atoms with E-state index in [0.717, 1.165) is 40.0 Å². The summed E-state index contributed by atoms with van der Waals surface area (Å²) in [6, 6.07) is 6.05. The van der Waals surface area contributed by atoms with Crippen molar-refractivity contribution < 1.29 is 9.47 Å². The molecule has 5 heteroatoms. The molecule has 0 radical (unpaired) electrons. The fourth-order valence-corrected chi connectivity index (χ4v) is 2.87. The van der Waals surface area contributed by atoms with Crippen LogP contribution in [-0.4, -0.2) is 31.5 Å². The number of methoxy groups -OCH3 is 2. The molecule has 0 atom stereocenters. The predicted octanol–water partition coefficient (Wildman–Crippen LogP) is 3.25. The van der Waals surface area contributed by atoms with Gasteiger partial charge in [0.1, 0.15) is 0 Å². The number of nitrogens with zero attached hydrogens (tertiary/aromatic N) is 2. The minimum Gasteiger partial charge on any atom is -0.493 e.